The standard InChI is InChI=1S/C33H43N5O3Si/c1-33(2,3)41-32(39)38-17-7-8-29(38)31-35-20-28(36-31)26-13-9-24(10-14-26)25-11-15-27(16-12-25)30-21-34-22-37(30)23-40-18-19-42(4,5)6/h9-16,20-22,29H,7-8,17-19,23H2,1-6H3,(H,35,36). The van der Waals surface area contributed by atoms with Gasteiger partial charge in [-0.1, -0.05) is 68.2 Å². The number of rotatable bonds is 9. The molecule has 1 aliphatic rings. The van der Waals surface area contributed by atoms with E-state index in [0.717, 1.165) is 65.0 Å². The molecule has 1 aliphatic heterocycles. The average molecular weight is 586 g/mol. The van der Waals surface area contributed by atoms with E-state index in [1.165, 1.54) is 0 Å². The molecule has 0 aliphatic carbocycles. The number of carbonyl (C=O) groups excluding carboxylic acids is 1. The average Bonchev–Trinajstić information content (AvgIpc) is 3.70. The van der Waals surface area contributed by atoms with E-state index in [1.54, 1.807) is 4.90 Å². The number of aromatic amines is 1. The van der Waals surface area contributed by atoms with Gasteiger partial charge in [-0.15, -0.1) is 0 Å². The van der Waals surface area contributed by atoms with Crippen LogP contribution in [0.25, 0.3) is 33.6 Å². The van der Waals surface area contributed by atoms with Crippen LogP contribution >= 0.6 is 0 Å². The molecule has 1 amide bonds. The van der Waals surface area contributed by atoms with Crippen LogP contribution in [0.4, 0.5) is 4.79 Å². The van der Waals surface area contributed by atoms with Crippen molar-refractivity contribution < 1.29 is 14.3 Å². The fourth-order valence-electron chi connectivity index (χ4n) is 5.12. The molecular weight excluding hydrogens is 542 g/mol. The van der Waals surface area contributed by atoms with Crippen molar-refractivity contribution in [2.24, 2.45) is 0 Å². The third-order valence-corrected chi connectivity index (χ3v) is 9.15. The van der Waals surface area contributed by atoms with Gasteiger partial charge in [0.2, 0.25) is 0 Å². The molecule has 3 heterocycles. The van der Waals surface area contributed by atoms with Crippen LogP contribution < -0.4 is 0 Å². The zero-order valence-electron chi connectivity index (χ0n) is 25.7. The molecule has 2 aromatic heterocycles. The molecule has 0 bridgehead atoms. The van der Waals surface area contributed by atoms with Crippen LogP contribution in [0.3, 0.4) is 0 Å². The van der Waals surface area contributed by atoms with E-state index in [4.69, 9.17) is 9.47 Å². The van der Waals surface area contributed by atoms with Crippen molar-refractivity contribution in [3.63, 3.8) is 0 Å². The van der Waals surface area contributed by atoms with Crippen molar-refractivity contribution in [2.75, 3.05) is 13.2 Å². The predicted octanol–water partition coefficient (Wildman–Crippen LogP) is 7.99. The van der Waals surface area contributed by atoms with Gasteiger partial charge >= 0.3 is 6.09 Å². The SMILES string of the molecule is CC(C)(C)OC(=O)N1CCCC1c1ncc(-c2ccc(-c3ccc(-c4cncn4COCC[Si](C)(C)C)cc3)cc2)[nH]1. The molecule has 1 unspecified atom stereocenters. The smallest absolute Gasteiger partial charge is 0.410 e. The highest BCUT2D eigenvalue weighted by Crippen LogP contribution is 2.33. The molecule has 1 saturated heterocycles. The number of nitrogens with zero attached hydrogens (tertiary/aromatic N) is 4. The topological polar surface area (TPSA) is 85.3 Å². The number of hydrogen-bond donors (Lipinski definition) is 1. The fourth-order valence-corrected chi connectivity index (χ4v) is 5.88. The molecule has 8 nitrogen and oxygen atoms in total. The number of likely N-dealkylation sites (tertiary alicyclic amines) is 1. The lowest BCUT2D eigenvalue weighted by Gasteiger charge is -2.27. The van der Waals surface area contributed by atoms with Crippen molar-refractivity contribution in [2.45, 2.75) is 77.7 Å². The number of hydrogen-bond acceptors (Lipinski definition) is 5. The van der Waals surface area contributed by atoms with E-state index in [9.17, 15) is 4.79 Å². The summed E-state index contributed by atoms with van der Waals surface area (Å²) in [5.41, 5.74) is 5.90. The summed E-state index contributed by atoms with van der Waals surface area (Å²) in [5, 5.41) is 0. The van der Waals surface area contributed by atoms with Gasteiger partial charge in [0.05, 0.1) is 36.2 Å². The van der Waals surface area contributed by atoms with Crippen LogP contribution in [0, 0.1) is 0 Å². The van der Waals surface area contributed by atoms with Gasteiger partial charge in [-0.05, 0) is 61.9 Å². The molecular formula is C33H43N5O3Si. The quantitative estimate of drug-likeness (QED) is 0.159. The summed E-state index contributed by atoms with van der Waals surface area (Å²) in [6.07, 6.45) is 7.09. The second-order valence-corrected chi connectivity index (χ2v) is 18.9. The number of benzene rings is 2. The summed E-state index contributed by atoms with van der Waals surface area (Å²) in [7, 11) is -1.11. The van der Waals surface area contributed by atoms with E-state index in [-0.39, 0.29) is 12.1 Å². The first-order chi connectivity index (χ1) is 20.0. The Bertz CT molecular complexity index is 1480. The Morgan fingerprint density at radius 2 is 1.62 bits per heavy atom. The summed E-state index contributed by atoms with van der Waals surface area (Å²) in [6, 6.07) is 18.1. The highest BCUT2D eigenvalue weighted by Gasteiger charge is 2.34. The number of imidazole rings is 2. The lowest BCUT2D eigenvalue weighted by molar-refractivity contribution is 0.0218. The maximum Gasteiger partial charge on any atom is 0.410 e. The molecule has 1 atom stereocenters. The molecule has 2 aromatic carbocycles. The molecule has 0 spiro atoms. The van der Waals surface area contributed by atoms with Crippen molar-refractivity contribution >= 4 is 14.2 Å². The van der Waals surface area contributed by atoms with Crippen molar-refractivity contribution in [3.8, 4) is 33.6 Å². The lowest BCUT2D eigenvalue weighted by Crippen LogP contribution is -2.36. The Balaban J connectivity index is 1.23. The van der Waals surface area contributed by atoms with E-state index in [2.05, 4.69) is 87.7 Å². The summed E-state index contributed by atoms with van der Waals surface area (Å²) < 4.78 is 13.6. The molecule has 42 heavy (non-hydrogen) atoms. The first-order valence-electron chi connectivity index (χ1n) is 14.8. The second-order valence-electron chi connectivity index (χ2n) is 13.3. The molecule has 1 N–H and O–H groups in total. The van der Waals surface area contributed by atoms with Crippen LogP contribution in [-0.4, -0.2) is 57.3 Å². The van der Waals surface area contributed by atoms with Gasteiger partial charge in [0.1, 0.15) is 18.2 Å². The molecule has 9 heteroatoms. The summed E-state index contributed by atoms with van der Waals surface area (Å²) in [5.74, 6) is 0.800. The highest BCUT2D eigenvalue weighted by molar-refractivity contribution is 6.76. The lowest BCUT2D eigenvalue weighted by atomic mass is 10.0. The van der Waals surface area contributed by atoms with E-state index in [0.29, 0.717) is 13.3 Å². The third kappa shape index (κ3) is 7.38. The normalized spacial score (nSPS) is 15.8. The van der Waals surface area contributed by atoms with E-state index in [1.807, 2.05) is 39.5 Å². The third-order valence-electron chi connectivity index (χ3n) is 7.44. The molecule has 0 saturated carbocycles. The largest absolute Gasteiger partial charge is 0.444 e. The number of nitrogens with one attached hydrogen (secondary N) is 1. The van der Waals surface area contributed by atoms with Crippen molar-refractivity contribution in [3.05, 3.63) is 73.1 Å². The van der Waals surface area contributed by atoms with Crippen LogP contribution in [0.1, 0.15) is 45.5 Å². The molecule has 0 radical (unpaired) electrons. The van der Waals surface area contributed by atoms with Gasteiger partial charge in [0, 0.05) is 21.2 Å². The van der Waals surface area contributed by atoms with Crippen molar-refractivity contribution in [1.29, 1.82) is 0 Å². The molecule has 222 valence electrons. The monoisotopic (exact) mass is 585 g/mol. The molecule has 1 fully saturated rings. The van der Waals surface area contributed by atoms with E-state index < -0.39 is 13.7 Å². The minimum Gasteiger partial charge on any atom is -0.444 e. The Hall–Kier alpha value is -3.69. The summed E-state index contributed by atoms with van der Waals surface area (Å²) in [6.45, 7) is 14.7. The van der Waals surface area contributed by atoms with E-state index >= 15 is 0 Å². The van der Waals surface area contributed by atoms with Gasteiger partial charge in [0.15, 0.2) is 0 Å². The number of ether oxygens (including phenoxy) is 2. The Labute approximate surface area is 250 Å². The minimum atomic E-state index is -1.11. The Morgan fingerprint density at radius 3 is 2.26 bits per heavy atom. The Morgan fingerprint density at radius 1 is 0.976 bits per heavy atom. The maximum absolute atomic E-state index is 12.7. The summed E-state index contributed by atoms with van der Waals surface area (Å²) >= 11 is 0. The number of H-pyrrole nitrogens is 1. The van der Waals surface area contributed by atoms with Gasteiger partial charge in [-0.25, -0.2) is 14.8 Å². The number of aromatic nitrogens is 4. The second kappa shape index (κ2) is 12.3. The number of amides is 1. The fraction of sp³-hybridized carbons (Fsp3) is 0.424. The van der Waals surface area contributed by atoms with Crippen LogP contribution in [-0.2, 0) is 16.2 Å². The molecule has 5 rings (SSSR count). The van der Waals surface area contributed by atoms with Crippen LogP contribution in [0.5, 0.6) is 0 Å². The highest BCUT2D eigenvalue weighted by atomic mass is 28.3. The minimum absolute atomic E-state index is 0.0978. The van der Waals surface area contributed by atoms with Crippen LogP contribution in [0.15, 0.2) is 67.3 Å². The van der Waals surface area contributed by atoms with Crippen molar-refractivity contribution in [1.82, 2.24) is 24.4 Å². The first-order valence-corrected chi connectivity index (χ1v) is 18.5. The zero-order valence-corrected chi connectivity index (χ0v) is 26.7. The van der Waals surface area contributed by atoms with Crippen LogP contribution in [0.2, 0.25) is 25.7 Å². The van der Waals surface area contributed by atoms with Gasteiger partial charge in [-0.2, -0.15) is 0 Å². The zero-order chi connectivity index (χ0) is 29.9. The molecule has 4 aromatic rings. The number of carbonyl (C=O) groups is 1. The Kier molecular flexibility index (Phi) is 8.70. The maximum atomic E-state index is 12.7. The first kappa shape index (κ1) is 29.8. The van der Waals surface area contributed by atoms with Gasteiger partial charge < -0.3 is 19.0 Å². The van der Waals surface area contributed by atoms with Gasteiger partial charge in [0.25, 0.3) is 0 Å². The predicted molar refractivity (Wildman–Crippen MR) is 170 cm³/mol. The van der Waals surface area contributed by atoms with Gasteiger partial charge in [-0.3, -0.25) is 4.90 Å². The summed E-state index contributed by atoms with van der Waals surface area (Å²) in [4.78, 5) is 27.0.